The van der Waals surface area contributed by atoms with Gasteiger partial charge in [-0.3, -0.25) is 4.79 Å². The SMILES string of the molecule is CCn1c(SCc2ccc(C(=O)NCCOC)cc2)nnc1-c1cccc(OC)c1. The molecule has 0 spiro atoms. The van der Waals surface area contributed by atoms with Crippen molar-refractivity contribution in [2.24, 2.45) is 0 Å². The quantitative estimate of drug-likeness (QED) is 0.394. The second kappa shape index (κ2) is 10.8. The molecular formula is C22H26N4O3S. The first-order valence-corrected chi connectivity index (χ1v) is 10.7. The number of nitrogens with zero attached hydrogens (tertiary/aromatic N) is 3. The highest BCUT2D eigenvalue weighted by Crippen LogP contribution is 2.28. The fourth-order valence-electron chi connectivity index (χ4n) is 2.93. The summed E-state index contributed by atoms with van der Waals surface area (Å²) in [5.74, 6) is 2.25. The van der Waals surface area contributed by atoms with Gasteiger partial charge in [0, 0.05) is 37.1 Å². The predicted octanol–water partition coefficient (Wildman–Crippen LogP) is 3.64. The summed E-state index contributed by atoms with van der Waals surface area (Å²) in [5, 5.41) is 12.4. The second-order valence-corrected chi connectivity index (χ2v) is 7.46. The maximum absolute atomic E-state index is 12.1. The van der Waals surface area contributed by atoms with Crippen LogP contribution in [-0.4, -0.2) is 48.0 Å². The fraction of sp³-hybridized carbons (Fsp3) is 0.318. The number of hydrogen-bond donors (Lipinski definition) is 1. The lowest BCUT2D eigenvalue weighted by Gasteiger charge is -2.09. The number of rotatable bonds is 10. The normalized spacial score (nSPS) is 10.8. The van der Waals surface area contributed by atoms with Crippen LogP contribution in [0.4, 0.5) is 0 Å². The average molecular weight is 427 g/mol. The van der Waals surface area contributed by atoms with Gasteiger partial charge < -0.3 is 19.4 Å². The van der Waals surface area contributed by atoms with Gasteiger partial charge in [0.2, 0.25) is 0 Å². The first-order chi connectivity index (χ1) is 14.7. The van der Waals surface area contributed by atoms with Crippen LogP contribution in [0.2, 0.25) is 0 Å². The van der Waals surface area contributed by atoms with E-state index in [2.05, 4.69) is 27.0 Å². The summed E-state index contributed by atoms with van der Waals surface area (Å²) in [5.41, 5.74) is 2.72. The molecule has 0 bridgehead atoms. The Balaban J connectivity index is 1.66. The van der Waals surface area contributed by atoms with Crippen LogP contribution < -0.4 is 10.1 Å². The minimum atomic E-state index is -0.0973. The molecule has 0 saturated heterocycles. The molecule has 0 fully saturated rings. The maximum atomic E-state index is 12.1. The molecule has 0 aliphatic heterocycles. The molecule has 0 unspecified atom stereocenters. The molecule has 0 aliphatic carbocycles. The third kappa shape index (κ3) is 5.40. The maximum Gasteiger partial charge on any atom is 0.251 e. The number of ether oxygens (including phenoxy) is 2. The smallest absolute Gasteiger partial charge is 0.251 e. The molecule has 0 aliphatic rings. The Bertz CT molecular complexity index is 973. The van der Waals surface area contributed by atoms with E-state index in [1.165, 1.54) is 0 Å². The van der Waals surface area contributed by atoms with Gasteiger partial charge in [0.15, 0.2) is 11.0 Å². The predicted molar refractivity (Wildman–Crippen MR) is 118 cm³/mol. The third-order valence-electron chi connectivity index (χ3n) is 4.54. The number of nitrogens with one attached hydrogen (secondary N) is 1. The highest BCUT2D eigenvalue weighted by molar-refractivity contribution is 7.98. The van der Waals surface area contributed by atoms with Crippen molar-refractivity contribution < 1.29 is 14.3 Å². The van der Waals surface area contributed by atoms with Crippen LogP contribution >= 0.6 is 11.8 Å². The number of aromatic nitrogens is 3. The van der Waals surface area contributed by atoms with Gasteiger partial charge >= 0.3 is 0 Å². The first kappa shape index (κ1) is 21.9. The molecule has 1 aromatic heterocycles. The van der Waals surface area contributed by atoms with E-state index in [0.29, 0.717) is 18.7 Å². The Morgan fingerprint density at radius 2 is 1.93 bits per heavy atom. The van der Waals surface area contributed by atoms with Crippen molar-refractivity contribution in [3.63, 3.8) is 0 Å². The van der Waals surface area contributed by atoms with Crippen LogP contribution in [0.1, 0.15) is 22.8 Å². The molecule has 3 aromatic rings. The summed E-state index contributed by atoms with van der Waals surface area (Å²) in [7, 11) is 3.26. The molecule has 8 heteroatoms. The van der Waals surface area contributed by atoms with Gasteiger partial charge in [-0.2, -0.15) is 0 Å². The minimum Gasteiger partial charge on any atom is -0.497 e. The van der Waals surface area contributed by atoms with Crippen molar-refractivity contribution >= 4 is 17.7 Å². The molecule has 3 rings (SSSR count). The Morgan fingerprint density at radius 3 is 2.63 bits per heavy atom. The fourth-order valence-corrected chi connectivity index (χ4v) is 3.88. The van der Waals surface area contributed by atoms with Crippen LogP contribution in [0.3, 0.4) is 0 Å². The number of methoxy groups -OCH3 is 2. The van der Waals surface area contributed by atoms with Crippen LogP contribution in [0, 0.1) is 0 Å². The summed E-state index contributed by atoms with van der Waals surface area (Å²) in [4.78, 5) is 12.1. The zero-order chi connectivity index (χ0) is 21.3. The monoisotopic (exact) mass is 426 g/mol. The van der Waals surface area contributed by atoms with E-state index < -0.39 is 0 Å². The van der Waals surface area contributed by atoms with Crippen molar-refractivity contribution in [1.29, 1.82) is 0 Å². The van der Waals surface area contributed by atoms with E-state index >= 15 is 0 Å². The molecule has 30 heavy (non-hydrogen) atoms. The van der Waals surface area contributed by atoms with Crippen LogP contribution in [0.15, 0.2) is 53.7 Å². The highest BCUT2D eigenvalue weighted by atomic mass is 32.2. The summed E-state index contributed by atoms with van der Waals surface area (Å²) >= 11 is 1.62. The van der Waals surface area contributed by atoms with Gasteiger partial charge in [-0.05, 0) is 36.8 Å². The van der Waals surface area contributed by atoms with Crippen molar-refractivity contribution in [3.8, 4) is 17.1 Å². The number of thioether (sulfide) groups is 1. The van der Waals surface area contributed by atoms with Crippen LogP contribution in [0.25, 0.3) is 11.4 Å². The summed E-state index contributed by atoms with van der Waals surface area (Å²) in [6, 6.07) is 15.4. The Kier molecular flexibility index (Phi) is 7.87. The molecule has 7 nitrogen and oxygen atoms in total. The number of carbonyl (C=O) groups is 1. The van der Waals surface area contributed by atoms with E-state index in [0.717, 1.165) is 40.2 Å². The Labute approximate surface area is 180 Å². The van der Waals surface area contributed by atoms with Gasteiger partial charge in [-0.15, -0.1) is 10.2 Å². The molecule has 0 saturated carbocycles. The zero-order valence-corrected chi connectivity index (χ0v) is 18.2. The van der Waals surface area contributed by atoms with Gasteiger partial charge in [0.25, 0.3) is 5.91 Å². The van der Waals surface area contributed by atoms with Crippen LogP contribution in [-0.2, 0) is 17.0 Å². The van der Waals surface area contributed by atoms with Gasteiger partial charge in [-0.1, -0.05) is 36.0 Å². The third-order valence-corrected chi connectivity index (χ3v) is 5.57. The number of benzene rings is 2. The Morgan fingerprint density at radius 1 is 1.13 bits per heavy atom. The van der Waals surface area contributed by atoms with E-state index in [1.54, 1.807) is 26.0 Å². The van der Waals surface area contributed by atoms with Gasteiger partial charge in [-0.25, -0.2) is 0 Å². The molecule has 0 radical (unpaired) electrons. The highest BCUT2D eigenvalue weighted by Gasteiger charge is 2.14. The zero-order valence-electron chi connectivity index (χ0n) is 17.4. The summed E-state index contributed by atoms with van der Waals surface area (Å²) in [6.07, 6.45) is 0. The van der Waals surface area contributed by atoms with Gasteiger partial charge in [0.05, 0.1) is 13.7 Å². The van der Waals surface area contributed by atoms with E-state index in [1.807, 2.05) is 48.5 Å². The van der Waals surface area contributed by atoms with E-state index in [4.69, 9.17) is 9.47 Å². The molecule has 1 N–H and O–H groups in total. The minimum absolute atomic E-state index is 0.0973. The topological polar surface area (TPSA) is 78.3 Å². The second-order valence-electron chi connectivity index (χ2n) is 6.52. The molecule has 2 aromatic carbocycles. The van der Waals surface area contributed by atoms with Crippen molar-refractivity contribution in [1.82, 2.24) is 20.1 Å². The number of carbonyl (C=O) groups excluding carboxylic acids is 1. The lowest BCUT2D eigenvalue weighted by atomic mass is 10.1. The largest absolute Gasteiger partial charge is 0.497 e. The number of hydrogen-bond acceptors (Lipinski definition) is 6. The Hall–Kier alpha value is -2.84. The van der Waals surface area contributed by atoms with Crippen molar-refractivity contribution in [2.45, 2.75) is 24.4 Å². The standard InChI is InChI=1S/C22H26N4O3S/c1-4-26-20(18-6-5-7-19(14-18)29-3)24-25-22(26)30-15-16-8-10-17(11-9-16)21(27)23-12-13-28-2/h5-11,14H,4,12-13,15H2,1-3H3,(H,23,27). The molecule has 1 amide bonds. The lowest BCUT2D eigenvalue weighted by molar-refractivity contribution is 0.0937. The van der Waals surface area contributed by atoms with Crippen molar-refractivity contribution in [3.05, 3.63) is 59.7 Å². The average Bonchev–Trinajstić information content (AvgIpc) is 3.21. The molecular weight excluding hydrogens is 400 g/mol. The summed E-state index contributed by atoms with van der Waals surface area (Å²) in [6.45, 7) is 3.84. The number of amides is 1. The van der Waals surface area contributed by atoms with Gasteiger partial charge in [0.1, 0.15) is 5.75 Å². The van der Waals surface area contributed by atoms with Crippen molar-refractivity contribution in [2.75, 3.05) is 27.4 Å². The molecule has 1 heterocycles. The van der Waals surface area contributed by atoms with Crippen LogP contribution in [0.5, 0.6) is 5.75 Å². The molecule has 0 atom stereocenters. The van der Waals surface area contributed by atoms with E-state index in [9.17, 15) is 4.79 Å². The summed E-state index contributed by atoms with van der Waals surface area (Å²) < 4.78 is 12.4. The van der Waals surface area contributed by atoms with E-state index in [-0.39, 0.29) is 5.91 Å². The molecule has 158 valence electrons. The lowest BCUT2D eigenvalue weighted by Crippen LogP contribution is -2.26. The first-order valence-electron chi connectivity index (χ1n) is 9.72.